The fourth-order valence-electron chi connectivity index (χ4n) is 2.68. The highest BCUT2D eigenvalue weighted by molar-refractivity contribution is 5.95. The van der Waals surface area contributed by atoms with Crippen LogP contribution in [0.4, 0.5) is 13.2 Å². The van der Waals surface area contributed by atoms with Crippen molar-refractivity contribution in [3.05, 3.63) is 51.8 Å². The molecule has 24 heavy (non-hydrogen) atoms. The van der Waals surface area contributed by atoms with Crippen molar-refractivity contribution >= 4 is 5.91 Å². The SMILES string of the molecule is Cc1cc(CN)cc(C)c1CNC(=O)c1cnn(C)c1C(F)(F)F. The van der Waals surface area contributed by atoms with Gasteiger partial charge >= 0.3 is 6.18 Å². The molecule has 1 heterocycles. The molecule has 1 amide bonds. The van der Waals surface area contributed by atoms with E-state index in [0.717, 1.165) is 35.5 Å². The second-order valence-corrected chi connectivity index (χ2v) is 5.62. The van der Waals surface area contributed by atoms with E-state index >= 15 is 0 Å². The van der Waals surface area contributed by atoms with Crippen LogP contribution in [0.2, 0.25) is 0 Å². The van der Waals surface area contributed by atoms with Gasteiger partial charge in [-0.05, 0) is 36.1 Å². The quantitative estimate of drug-likeness (QED) is 0.898. The van der Waals surface area contributed by atoms with E-state index in [0.29, 0.717) is 11.2 Å². The highest BCUT2D eigenvalue weighted by atomic mass is 19.4. The molecule has 0 saturated heterocycles. The Labute approximate surface area is 137 Å². The fraction of sp³-hybridized carbons (Fsp3) is 0.375. The first-order valence-corrected chi connectivity index (χ1v) is 7.31. The lowest BCUT2D eigenvalue weighted by molar-refractivity contribution is -0.144. The van der Waals surface area contributed by atoms with Gasteiger partial charge in [-0.3, -0.25) is 9.48 Å². The highest BCUT2D eigenvalue weighted by Gasteiger charge is 2.39. The molecule has 0 fully saturated rings. The first kappa shape index (κ1) is 18.0. The monoisotopic (exact) mass is 340 g/mol. The predicted octanol–water partition coefficient (Wildman–Crippen LogP) is 2.44. The molecule has 8 heteroatoms. The number of amides is 1. The number of nitrogens with one attached hydrogen (secondary N) is 1. The van der Waals surface area contributed by atoms with E-state index < -0.39 is 23.3 Å². The van der Waals surface area contributed by atoms with Crippen molar-refractivity contribution in [3.63, 3.8) is 0 Å². The third-order valence-corrected chi connectivity index (χ3v) is 3.87. The maximum atomic E-state index is 13.0. The van der Waals surface area contributed by atoms with Crippen molar-refractivity contribution in [2.24, 2.45) is 12.8 Å². The Morgan fingerprint density at radius 1 is 1.29 bits per heavy atom. The molecular formula is C16H19F3N4O. The molecule has 0 radical (unpaired) electrons. The maximum Gasteiger partial charge on any atom is 0.433 e. The van der Waals surface area contributed by atoms with Crippen LogP contribution in [0.3, 0.4) is 0 Å². The average Bonchev–Trinajstić information content (AvgIpc) is 2.87. The number of alkyl halides is 3. The molecule has 2 aromatic rings. The van der Waals surface area contributed by atoms with Gasteiger partial charge in [-0.25, -0.2) is 0 Å². The zero-order chi connectivity index (χ0) is 18.1. The van der Waals surface area contributed by atoms with Gasteiger partial charge in [0.1, 0.15) is 0 Å². The molecule has 0 atom stereocenters. The van der Waals surface area contributed by atoms with Gasteiger partial charge in [0.05, 0.1) is 11.8 Å². The number of carbonyl (C=O) groups excluding carboxylic acids is 1. The van der Waals surface area contributed by atoms with E-state index in [9.17, 15) is 18.0 Å². The summed E-state index contributed by atoms with van der Waals surface area (Å²) in [6.07, 6.45) is -3.72. The summed E-state index contributed by atoms with van der Waals surface area (Å²) in [5, 5.41) is 6.08. The molecular weight excluding hydrogens is 321 g/mol. The molecule has 1 aromatic heterocycles. The number of halogens is 3. The number of hydrogen-bond acceptors (Lipinski definition) is 3. The van der Waals surface area contributed by atoms with Crippen molar-refractivity contribution in [1.82, 2.24) is 15.1 Å². The molecule has 0 aliphatic carbocycles. The summed E-state index contributed by atoms with van der Waals surface area (Å²) in [5.74, 6) is -0.808. The third kappa shape index (κ3) is 3.59. The number of rotatable bonds is 4. The lowest BCUT2D eigenvalue weighted by atomic mass is 9.99. The van der Waals surface area contributed by atoms with Crippen LogP contribution in [0.15, 0.2) is 18.3 Å². The first-order chi connectivity index (χ1) is 11.1. The van der Waals surface area contributed by atoms with Gasteiger partial charge in [0.25, 0.3) is 5.91 Å². The Morgan fingerprint density at radius 3 is 2.38 bits per heavy atom. The topological polar surface area (TPSA) is 72.9 Å². The number of hydrogen-bond donors (Lipinski definition) is 2. The van der Waals surface area contributed by atoms with Crippen molar-refractivity contribution in [1.29, 1.82) is 0 Å². The van der Waals surface area contributed by atoms with Gasteiger partial charge in [0, 0.05) is 20.1 Å². The molecule has 0 aliphatic heterocycles. The minimum Gasteiger partial charge on any atom is -0.348 e. The van der Waals surface area contributed by atoms with Gasteiger partial charge in [-0.2, -0.15) is 18.3 Å². The normalized spacial score (nSPS) is 11.6. The Kier molecular flexibility index (Phi) is 4.98. The van der Waals surface area contributed by atoms with Crippen LogP contribution in [-0.4, -0.2) is 15.7 Å². The number of nitrogens with two attached hydrogens (primary N) is 1. The lowest BCUT2D eigenvalue weighted by Crippen LogP contribution is -2.26. The molecule has 0 unspecified atom stereocenters. The summed E-state index contributed by atoms with van der Waals surface area (Å²) >= 11 is 0. The minimum absolute atomic E-state index is 0.132. The van der Waals surface area contributed by atoms with Gasteiger partial charge in [0.15, 0.2) is 5.69 Å². The Morgan fingerprint density at radius 2 is 1.88 bits per heavy atom. The summed E-state index contributed by atoms with van der Waals surface area (Å²) < 4.78 is 39.7. The number of aryl methyl sites for hydroxylation is 3. The van der Waals surface area contributed by atoms with Gasteiger partial charge in [0.2, 0.25) is 0 Å². The minimum atomic E-state index is -4.65. The van der Waals surface area contributed by atoms with E-state index in [1.807, 2.05) is 26.0 Å². The fourth-order valence-corrected chi connectivity index (χ4v) is 2.68. The van der Waals surface area contributed by atoms with E-state index in [1.165, 1.54) is 0 Å². The summed E-state index contributed by atoms with van der Waals surface area (Å²) in [6, 6.07) is 3.80. The number of nitrogens with zero attached hydrogens (tertiary/aromatic N) is 2. The molecule has 130 valence electrons. The van der Waals surface area contributed by atoms with Crippen LogP contribution in [0, 0.1) is 13.8 Å². The number of aromatic nitrogens is 2. The molecule has 0 saturated carbocycles. The zero-order valence-electron chi connectivity index (χ0n) is 13.7. The molecule has 0 aliphatic rings. The van der Waals surface area contributed by atoms with E-state index in [2.05, 4.69) is 10.4 Å². The molecule has 1 aromatic carbocycles. The molecule has 2 rings (SSSR count). The Bertz CT molecular complexity index is 742. The van der Waals surface area contributed by atoms with Crippen molar-refractivity contribution in [2.45, 2.75) is 33.1 Å². The third-order valence-electron chi connectivity index (χ3n) is 3.87. The van der Waals surface area contributed by atoms with Gasteiger partial charge < -0.3 is 11.1 Å². The van der Waals surface area contributed by atoms with Gasteiger partial charge in [-0.1, -0.05) is 12.1 Å². The number of carbonyl (C=O) groups is 1. The van der Waals surface area contributed by atoms with Crippen LogP contribution in [0.5, 0.6) is 0 Å². The van der Waals surface area contributed by atoms with Gasteiger partial charge in [-0.15, -0.1) is 0 Å². The average molecular weight is 340 g/mol. The van der Waals surface area contributed by atoms with Crippen LogP contribution in [0.1, 0.15) is 38.3 Å². The van der Waals surface area contributed by atoms with Crippen molar-refractivity contribution in [2.75, 3.05) is 0 Å². The predicted molar refractivity (Wildman–Crippen MR) is 83.2 cm³/mol. The second-order valence-electron chi connectivity index (χ2n) is 5.62. The second kappa shape index (κ2) is 6.64. The molecule has 5 nitrogen and oxygen atoms in total. The molecule has 0 spiro atoms. The van der Waals surface area contributed by atoms with E-state index in [1.54, 1.807) is 0 Å². The van der Waals surface area contributed by atoms with Crippen LogP contribution in [0.25, 0.3) is 0 Å². The van der Waals surface area contributed by atoms with E-state index in [-0.39, 0.29) is 6.54 Å². The Balaban J connectivity index is 2.21. The maximum absolute atomic E-state index is 13.0. The number of benzene rings is 1. The summed E-state index contributed by atoms with van der Waals surface area (Å²) in [5.41, 5.74) is 7.74. The zero-order valence-corrected chi connectivity index (χ0v) is 13.7. The standard InChI is InChI=1S/C16H19F3N4O/c1-9-4-11(6-20)5-10(2)12(9)7-21-15(24)13-8-22-23(3)14(13)16(17,18)19/h4-5,8H,6-7,20H2,1-3H3,(H,21,24). The van der Waals surface area contributed by atoms with Crippen molar-refractivity contribution < 1.29 is 18.0 Å². The molecule has 0 bridgehead atoms. The first-order valence-electron chi connectivity index (χ1n) is 7.31. The smallest absolute Gasteiger partial charge is 0.348 e. The lowest BCUT2D eigenvalue weighted by Gasteiger charge is -2.14. The summed E-state index contributed by atoms with van der Waals surface area (Å²) in [6.45, 7) is 4.28. The summed E-state index contributed by atoms with van der Waals surface area (Å²) in [7, 11) is 1.15. The molecule has 3 N–H and O–H groups in total. The van der Waals surface area contributed by atoms with E-state index in [4.69, 9.17) is 5.73 Å². The van der Waals surface area contributed by atoms with Crippen LogP contribution < -0.4 is 11.1 Å². The Hall–Kier alpha value is -2.35. The highest BCUT2D eigenvalue weighted by Crippen LogP contribution is 2.31. The van der Waals surface area contributed by atoms with Crippen molar-refractivity contribution in [3.8, 4) is 0 Å². The largest absolute Gasteiger partial charge is 0.433 e. The van der Waals surface area contributed by atoms with Crippen LogP contribution >= 0.6 is 0 Å². The summed E-state index contributed by atoms with van der Waals surface area (Å²) in [4.78, 5) is 12.2. The van der Waals surface area contributed by atoms with Crippen LogP contribution in [-0.2, 0) is 26.3 Å².